The molecule has 0 unspecified atom stereocenters. The highest BCUT2D eigenvalue weighted by Crippen LogP contribution is 2.01. The maximum Gasteiger partial charge on any atom is 0.0543 e. The summed E-state index contributed by atoms with van der Waals surface area (Å²) in [6.45, 7) is 12.6. The van der Waals surface area contributed by atoms with Crippen LogP contribution in [0.2, 0.25) is 0 Å². The van der Waals surface area contributed by atoms with Crippen molar-refractivity contribution < 1.29 is 0 Å². The average molecular weight is 274 g/mol. The zero-order valence-corrected chi connectivity index (χ0v) is 13.1. The SMILES string of the molecule is CC(C)=NCCN(CCN=C(C)C)Cc1ccccn1. The van der Waals surface area contributed by atoms with E-state index in [9.17, 15) is 0 Å². The van der Waals surface area contributed by atoms with Crippen LogP contribution in [0.3, 0.4) is 0 Å². The zero-order valence-electron chi connectivity index (χ0n) is 13.1. The first-order chi connectivity index (χ1) is 9.58. The van der Waals surface area contributed by atoms with Gasteiger partial charge in [-0.05, 0) is 39.8 Å². The van der Waals surface area contributed by atoms with Crippen molar-refractivity contribution in [1.82, 2.24) is 9.88 Å². The maximum absolute atomic E-state index is 4.47. The van der Waals surface area contributed by atoms with Gasteiger partial charge >= 0.3 is 0 Å². The van der Waals surface area contributed by atoms with Crippen molar-refractivity contribution in [2.75, 3.05) is 26.2 Å². The summed E-state index contributed by atoms with van der Waals surface area (Å²) in [5.74, 6) is 0. The minimum absolute atomic E-state index is 0.837. The maximum atomic E-state index is 4.47. The van der Waals surface area contributed by atoms with E-state index in [1.807, 2.05) is 46.0 Å². The van der Waals surface area contributed by atoms with Crippen molar-refractivity contribution in [3.63, 3.8) is 0 Å². The van der Waals surface area contributed by atoms with Crippen molar-refractivity contribution in [2.45, 2.75) is 34.2 Å². The second kappa shape index (κ2) is 9.37. The van der Waals surface area contributed by atoms with Crippen LogP contribution in [-0.4, -0.2) is 47.5 Å². The van der Waals surface area contributed by atoms with Gasteiger partial charge < -0.3 is 0 Å². The van der Waals surface area contributed by atoms with E-state index in [2.05, 4.69) is 25.9 Å². The van der Waals surface area contributed by atoms with Crippen molar-refractivity contribution in [3.05, 3.63) is 30.1 Å². The lowest BCUT2D eigenvalue weighted by atomic mass is 10.3. The molecule has 0 spiro atoms. The monoisotopic (exact) mass is 274 g/mol. The second-order valence-electron chi connectivity index (χ2n) is 5.26. The molecule has 0 aliphatic heterocycles. The van der Waals surface area contributed by atoms with Gasteiger partial charge in [0.25, 0.3) is 0 Å². The Morgan fingerprint density at radius 1 is 1.00 bits per heavy atom. The highest BCUT2D eigenvalue weighted by molar-refractivity contribution is 5.79. The molecule has 0 amide bonds. The Labute approximate surface area is 122 Å². The molecule has 1 rings (SSSR count). The molecule has 1 heterocycles. The number of hydrogen-bond acceptors (Lipinski definition) is 4. The number of aliphatic imine (C=N–C) groups is 2. The van der Waals surface area contributed by atoms with Crippen LogP contribution in [0.4, 0.5) is 0 Å². The standard InChI is InChI=1S/C16H26N4/c1-14(2)17-9-11-20(12-10-18-15(3)4)13-16-7-5-6-8-19-16/h5-8H,9-13H2,1-4H3. The summed E-state index contributed by atoms with van der Waals surface area (Å²) in [6, 6.07) is 6.04. The number of hydrogen-bond donors (Lipinski definition) is 0. The number of pyridine rings is 1. The van der Waals surface area contributed by atoms with Crippen LogP contribution in [-0.2, 0) is 6.54 Å². The number of aromatic nitrogens is 1. The summed E-state index contributed by atoms with van der Waals surface area (Å²) in [6.07, 6.45) is 1.84. The van der Waals surface area contributed by atoms with Crippen LogP contribution >= 0.6 is 0 Å². The van der Waals surface area contributed by atoms with E-state index in [1.165, 1.54) is 0 Å². The highest BCUT2D eigenvalue weighted by Gasteiger charge is 2.05. The van der Waals surface area contributed by atoms with Crippen LogP contribution in [0.25, 0.3) is 0 Å². The smallest absolute Gasteiger partial charge is 0.0543 e. The molecule has 0 aromatic carbocycles. The van der Waals surface area contributed by atoms with E-state index in [0.29, 0.717) is 0 Å². The minimum atomic E-state index is 0.837. The number of rotatable bonds is 8. The Bertz CT molecular complexity index is 407. The van der Waals surface area contributed by atoms with E-state index in [0.717, 1.165) is 49.8 Å². The molecule has 0 radical (unpaired) electrons. The fourth-order valence-corrected chi connectivity index (χ4v) is 1.82. The van der Waals surface area contributed by atoms with E-state index >= 15 is 0 Å². The second-order valence-corrected chi connectivity index (χ2v) is 5.26. The van der Waals surface area contributed by atoms with Gasteiger partial charge in [-0.25, -0.2) is 0 Å². The van der Waals surface area contributed by atoms with E-state index in [4.69, 9.17) is 0 Å². The lowest BCUT2D eigenvalue weighted by Gasteiger charge is -2.20. The molecule has 0 fully saturated rings. The van der Waals surface area contributed by atoms with Gasteiger partial charge in [-0.2, -0.15) is 0 Å². The van der Waals surface area contributed by atoms with Gasteiger partial charge in [0.05, 0.1) is 18.8 Å². The van der Waals surface area contributed by atoms with E-state index in [1.54, 1.807) is 0 Å². The molecule has 1 aromatic heterocycles. The lowest BCUT2D eigenvalue weighted by Crippen LogP contribution is -2.29. The average Bonchev–Trinajstić information content (AvgIpc) is 2.38. The van der Waals surface area contributed by atoms with Gasteiger partial charge in [-0.3, -0.25) is 19.9 Å². The number of nitrogens with zero attached hydrogens (tertiary/aromatic N) is 4. The Hall–Kier alpha value is -1.55. The highest BCUT2D eigenvalue weighted by atomic mass is 15.1. The molecule has 4 heteroatoms. The van der Waals surface area contributed by atoms with Crippen molar-refractivity contribution >= 4 is 11.4 Å². The van der Waals surface area contributed by atoms with Crippen LogP contribution in [0.15, 0.2) is 34.4 Å². The third kappa shape index (κ3) is 7.79. The zero-order chi connectivity index (χ0) is 14.8. The first-order valence-electron chi connectivity index (χ1n) is 7.15. The van der Waals surface area contributed by atoms with Gasteiger partial charge in [0.1, 0.15) is 0 Å². The first-order valence-corrected chi connectivity index (χ1v) is 7.15. The summed E-state index contributed by atoms with van der Waals surface area (Å²) in [4.78, 5) is 15.7. The lowest BCUT2D eigenvalue weighted by molar-refractivity contribution is 0.278. The van der Waals surface area contributed by atoms with Gasteiger partial charge in [-0.15, -0.1) is 0 Å². The molecular formula is C16H26N4. The summed E-state index contributed by atoms with van der Waals surface area (Å²) in [7, 11) is 0. The minimum Gasteiger partial charge on any atom is -0.294 e. The Morgan fingerprint density at radius 3 is 2.05 bits per heavy atom. The third-order valence-electron chi connectivity index (χ3n) is 2.80. The molecule has 20 heavy (non-hydrogen) atoms. The molecule has 0 atom stereocenters. The predicted octanol–water partition coefficient (Wildman–Crippen LogP) is 2.85. The van der Waals surface area contributed by atoms with E-state index < -0.39 is 0 Å². The molecule has 0 aliphatic carbocycles. The molecule has 0 aliphatic rings. The third-order valence-corrected chi connectivity index (χ3v) is 2.80. The van der Waals surface area contributed by atoms with Crippen LogP contribution in [0.1, 0.15) is 33.4 Å². The molecule has 0 saturated carbocycles. The summed E-state index contributed by atoms with van der Waals surface area (Å²) in [5, 5.41) is 0. The molecule has 0 N–H and O–H groups in total. The van der Waals surface area contributed by atoms with Crippen LogP contribution in [0, 0.1) is 0 Å². The Balaban J connectivity index is 2.54. The fourth-order valence-electron chi connectivity index (χ4n) is 1.82. The quantitative estimate of drug-likeness (QED) is 0.684. The predicted molar refractivity (Wildman–Crippen MR) is 86.8 cm³/mol. The van der Waals surface area contributed by atoms with Gasteiger partial charge in [0, 0.05) is 37.3 Å². The molecule has 0 bridgehead atoms. The Morgan fingerprint density at radius 2 is 1.60 bits per heavy atom. The van der Waals surface area contributed by atoms with Crippen LogP contribution < -0.4 is 0 Å². The van der Waals surface area contributed by atoms with Gasteiger partial charge in [-0.1, -0.05) is 6.07 Å². The molecule has 4 nitrogen and oxygen atoms in total. The van der Waals surface area contributed by atoms with Gasteiger partial charge in [0.2, 0.25) is 0 Å². The van der Waals surface area contributed by atoms with Crippen molar-refractivity contribution in [2.24, 2.45) is 9.98 Å². The van der Waals surface area contributed by atoms with Crippen molar-refractivity contribution in [3.8, 4) is 0 Å². The first kappa shape index (κ1) is 16.5. The van der Waals surface area contributed by atoms with Crippen LogP contribution in [0.5, 0.6) is 0 Å². The normalized spacial score (nSPS) is 10.4. The molecule has 0 saturated heterocycles. The topological polar surface area (TPSA) is 40.9 Å². The summed E-state index contributed by atoms with van der Waals surface area (Å²) < 4.78 is 0. The fraction of sp³-hybridized carbons (Fsp3) is 0.562. The Kier molecular flexibility index (Phi) is 7.73. The summed E-state index contributed by atoms with van der Waals surface area (Å²) in [5.41, 5.74) is 3.36. The van der Waals surface area contributed by atoms with Crippen molar-refractivity contribution in [1.29, 1.82) is 0 Å². The van der Waals surface area contributed by atoms with Gasteiger partial charge in [0.15, 0.2) is 0 Å². The molecule has 110 valence electrons. The van der Waals surface area contributed by atoms with E-state index in [-0.39, 0.29) is 0 Å². The largest absolute Gasteiger partial charge is 0.294 e. The molecule has 1 aromatic rings. The summed E-state index contributed by atoms with van der Waals surface area (Å²) >= 11 is 0. The molecular weight excluding hydrogens is 248 g/mol.